The average Bonchev–Trinajstić information content (AvgIpc) is 2.55. The highest BCUT2D eigenvalue weighted by Crippen LogP contribution is 2.42. The molecular formula is C16H17BrN4O2. The third-order valence-electron chi connectivity index (χ3n) is 3.86. The molecule has 1 unspecified atom stereocenters. The van der Waals surface area contributed by atoms with Gasteiger partial charge in [-0.25, -0.2) is 4.99 Å². The Balaban J connectivity index is 2.24. The second kappa shape index (κ2) is 5.75. The molecule has 23 heavy (non-hydrogen) atoms. The van der Waals surface area contributed by atoms with Crippen LogP contribution in [0.25, 0.3) is 0 Å². The number of fused-ring (bicyclic) bond motifs is 1. The van der Waals surface area contributed by atoms with Crippen molar-refractivity contribution < 1.29 is 9.47 Å². The van der Waals surface area contributed by atoms with E-state index < -0.39 is 5.66 Å². The van der Waals surface area contributed by atoms with Gasteiger partial charge in [0.1, 0.15) is 17.2 Å². The third-order valence-corrected chi connectivity index (χ3v) is 4.35. The molecule has 5 N–H and O–H groups in total. The molecular weight excluding hydrogens is 360 g/mol. The van der Waals surface area contributed by atoms with Gasteiger partial charge in [0.05, 0.1) is 31.9 Å². The van der Waals surface area contributed by atoms with Gasteiger partial charge in [-0.15, -0.1) is 0 Å². The van der Waals surface area contributed by atoms with E-state index in [1.54, 1.807) is 32.7 Å². The van der Waals surface area contributed by atoms with Gasteiger partial charge < -0.3 is 26.3 Å². The molecule has 0 radical (unpaired) electrons. The van der Waals surface area contributed by atoms with E-state index >= 15 is 0 Å². The lowest BCUT2D eigenvalue weighted by molar-refractivity contribution is 0.387. The predicted molar refractivity (Wildman–Crippen MR) is 94.4 cm³/mol. The summed E-state index contributed by atoms with van der Waals surface area (Å²) in [6.45, 7) is 0. The second-order valence-corrected chi connectivity index (χ2v) is 6.08. The summed E-state index contributed by atoms with van der Waals surface area (Å²) in [6.07, 6.45) is 1.57. The molecule has 0 aliphatic carbocycles. The largest absolute Gasteiger partial charge is 0.496 e. The van der Waals surface area contributed by atoms with E-state index in [0.717, 1.165) is 15.6 Å². The number of methoxy groups -OCH3 is 2. The van der Waals surface area contributed by atoms with E-state index in [1.807, 2.05) is 18.2 Å². The number of hydrogen-bond donors (Lipinski definition) is 3. The first-order valence-electron chi connectivity index (χ1n) is 6.90. The van der Waals surface area contributed by atoms with Crippen molar-refractivity contribution in [1.29, 1.82) is 0 Å². The van der Waals surface area contributed by atoms with Gasteiger partial charge in [0.15, 0.2) is 0 Å². The Morgan fingerprint density at radius 1 is 1.09 bits per heavy atom. The number of benzene rings is 2. The maximum atomic E-state index is 6.70. The van der Waals surface area contributed by atoms with Crippen molar-refractivity contribution in [3.63, 3.8) is 0 Å². The zero-order chi connectivity index (χ0) is 16.6. The lowest BCUT2D eigenvalue weighted by Gasteiger charge is -2.35. The lowest BCUT2D eigenvalue weighted by atomic mass is 9.88. The molecule has 6 nitrogen and oxygen atoms in total. The summed E-state index contributed by atoms with van der Waals surface area (Å²) in [6, 6.07) is 9.21. The Labute approximate surface area is 142 Å². The van der Waals surface area contributed by atoms with Gasteiger partial charge in [-0.3, -0.25) is 0 Å². The SMILES string of the molecule is COc1cc2c(cc1N)C(N)(c1cc(Br)ccc1OC)NC=N2. The van der Waals surface area contributed by atoms with Crippen molar-refractivity contribution in [2.45, 2.75) is 5.66 Å². The molecule has 1 heterocycles. The minimum absolute atomic E-state index is 0.494. The molecule has 0 aromatic heterocycles. The predicted octanol–water partition coefficient (Wildman–Crippen LogP) is 2.47. The Hall–Kier alpha value is -2.25. The van der Waals surface area contributed by atoms with E-state index in [0.29, 0.717) is 22.9 Å². The van der Waals surface area contributed by atoms with Crippen LogP contribution in [0.15, 0.2) is 39.8 Å². The highest BCUT2D eigenvalue weighted by Gasteiger charge is 2.36. The third kappa shape index (κ3) is 2.51. The van der Waals surface area contributed by atoms with Gasteiger partial charge in [0.25, 0.3) is 0 Å². The van der Waals surface area contributed by atoms with E-state index in [2.05, 4.69) is 26.2 Å². The fourth-order valence-corrected chi connectivity index (χ4v) is 3.04. The standard InChI is InChI=1S/C16H17BrN4O2/c1-22-14-4-3-9(17)5-11(14)16(19)10-6-12(18)15(23-2)7-13(10)20-8-21-16/h3-8H,18-19H2,1-2H3,(H,20,21). The molecule has 0 saturated carbocycles. The first kappa shape index (κ1) is 15.6. The van der Waals surface area contributed by atoms with Crippen LogP contribution in [-0.4, -0.2) is 20.6 Å². The molecule has 0 spiro atoms. The Bertz CT molecular complexity index is 794. The minimum atomic E-state index is -1.02. The van der Waals surface area contributed by atoms with Gasteiger partial charge in [0.2, 0.25) is 0 Å². The normalized spacial score (nSPS) is 19.0. The Kier molecular flexibility index (Phi) is 3.91. The van der Waals surface area contributed by atoms with E-state index in [1.165, 1.54) is 0 Å². The maximum absolute atomic E-state index is 6.70. The first-order chi connectivity index (χ1) is 11.0. The van der Waals surface area contributed by atoms with Gasteiger partial charge in [0, 0.05) is 21.7 Å². The van der Waals surface area contributed by atoms with Gasteiger partial charge in [-0.1, -0.05) is 15.9 Å². The number of nitrogens with two attached hydrogens (primary N) is 2. The maximum Gasteiger partial charge on any atom is 0.145 e. The Morgan fingerprint density at radius 3 is 2.52 bits per heavy atom. The topological polar surface area (TPSA) is 94.9 Å². The molecule has 3 rings (SSSR count). The molecule has 2 aromatic rings. The highest BCUT2D eigenvalue weighted by atomic mass is 79.9. The molecule has 2 aromatic carbocycles. The van der Waals surface area contributed by atoms with Crippen LogP contribution in [0, 0.1) is 0 Å². The summed E-state index contributed by atoms with van der Waals surface area (Å²) in [5, 5.41) is 3.12. The minimum Gasteiger partial charge on any atom is -0.496 e. The summed E-state index contributed by atoms with van der Waals surface area (Å²) in [4.78, 5) is 4.34. The van der Waals surface area contributed by atoms with Gasteiger partial charge >= 0.3 is 0 Å². The number of aliphatic imine (C=N–C) groups is 1. The average molecular weight is 377 g/mol. The fourth-order valence-electron chi connectivity index (χ4n) is 2.68. The van der Waals surface area contributed by atoms with E-state index in [9.17, 15) is 0 Å². The van der Waals surface area contributed by atoms with Crippen molar-refractivity contribution in [1.82, 2.24) is 5.32 Å². The molecule has 0 amide bonds. The number of rotatable bonds is 3. The number of nitrogen functional groups attached to an aromatic ring is 1. The summed E-state index contributed by atoms with van der Waals surface area (Å²) < 4.78 is 11.6. The summed E-state index contributed by atoms with van der Waals surface area (Å²) >= 11 is 3.48. The number of ether oxygens (including phenoxy) is 2. The van der Waals surface area contributed by atoms with E-state index in [4.69, 9.17) is 20.9 Å². The van der Waals surface area contributed by atoms with Crippen LogP contribution < -0.4 is 26.3 Å². The zero-order valence-corrected chi connectivity index (χ0v) is 14.3. The highest BCUT2D eigenvalue weighted by molar-refractivity contribution is 9.10. The quantitative estimate of drug-likeness (QED) is 0.715. The first-order valence-corrected chi connectivity index (χ1v) is 7.70. The number of nitrogens with one attached hydrogen (secondary N) is 1. The molecule has 120 valence electrons. The van der Waals surface area contributed by atoms with Gasteiger partial charge in [-0.05, 0) is 24.3 Å². The van der Waals surface area contributed by atoms with Crippen molar-refractivity contribution in [2.24, 2.45) is 10.7 Å². The van der Waals surface area contributed by atoms with Crippen molar-refractivity contribution >= 4 is 33.6 Å². The number of halogens is 1. The van der Waals surface area contributed by atoms with Crippen LogP contribution in [0.1, 0.15) is 11.1 Å². The summed E-state index contributed by atoms with van der Waals surface area (Å²) in [5.41, 5.74) is 14.4. The molecule has 1 aliphatic rings. The monoisotopic (exact) mass is 376 g/mol. The van der Waals surface area contributed by atoms with Gasteiger partial charge in [-0.2, -0.15) is 0 Å². The number of nitrogens with zero attached hydrogens (tertiary/aromatic N) is 1. The van der Waals surface area contributed by atoms with Crippen molar-refractivity contribution in [3.05, 3.63) is 45.9 Å². The van der Waals surface area contributed by atoms with Crippen molar-refractivity contribution in [3.8, 4) is 11.5 Å². The summed E-state index contributed by atoms with van der Waals surface area (Å²) in [7, 11) is 3.17. The molecule has 7 heteroatoms. The second-order valence-electron chi connectivity index (χ2n) is 5.17. The number of anilines is 1. The molecule has 1 aliphatic heterocycles. The van der Waals surface area contributed by atoms with Crippen LogP contribution in [0.4, 0.5) is 11.4 Å². The van der Waals surface area contributed by atoms with Crippen LogP contribution in [0.5, 0.6) is 11.5 Å². The molecule has 1 atom stereocenters. The van der Waals surface area contributed by atoms with Crippen LogP contribution in [0.2, 0.25) is 0 Å². The zero-order valence-electron chi connectivity index (χ0n) is 12.8. The number of hydrogen-bond acceptors (Lipinski definition) is 6. The molecule has 0 fully saturated rings. The van der Waals surface area contributed by atoms with Crippen LogP contribution >= 0.6 is 15.9 Å². The summed E-state index contributed by atoms with van der Waals surface area (Å²) in [5.74, 6) is 1.23. The smallest absolute Gasteiger partial charge is 0.145 e. The lowest BCUT2D eigenvalue weighted by Crippen LogP contribution is -2.52. The van der Waals surface area contributed by atoms with E-state index in [-0.39, 0.29) is 0 Å². The van der Waals surface area contributed by atoms with Crippen LogP contribution in [-0.2, 0) is 5.66 Å². The fraction of sp³-hybridized carbons (Fsp3) is 0.188. The van der Waals surface area contributed by atoms with Crippen LogP contribution in [0.3, 0.4) is 0 Å². The van der Waals surface area contributed by atoms with Crippen molar-refractivity contribution in [2.75, 3.05) is 20.0 Å². The molecule has 0 bridgehead atoms. The molecule has 0 saturated heterocycles. The Morgan fingerprint density at radius 2 is 1.83 bits per heavy atom.